The van der Waals surface area contributed by atoms with Gasteiger partial charge in [0, 0.05) is 5.75 Å². The molecule has 0 rings (SSSR count). The summed E-state index contributed by atoms with van der Waals surface area (Å²) in [6.45, 7) is 4.35. The van der Waals surface area contributed by atoms with E-state index >= 15 is 0 Å². The maximum atomic E-state index is 5.67. The van der Waals surface area contributed by atoms with Crippen molar-refractivity contribution in [3.63, 3.8) is 0 Å². The van der Waals surface area contributed by atoms with Crippen LogP contribution in [-0.2, 0) is 11.8 Å². The predicted octanol–water partition coefficient (Wildman–Crippen LogP) is 4.47. The van der Waals surface area contributed by atoms with Gasteiger partial charge in [0.2, 0.25) is 0 Å². The minimum absolute atomic E-state index is 0.711. The number of rotatable bonds is 4. The van der Waals surface area contributed by atoms with E-state index in [1.807, 2.05) is 0 Å². The third-order valence-corrected chi connectivity index (χ3v) is 5.81. The van der Waals surface area contributed by atoms with Crippen LogP contribution in [0.5, 0.6) is 0 Å². The van der Waals surface area contributed by atoms with E-state index < -0.39 is 3.95 Å². The van der Waals surface area contributed by atoms with E-state index in [-0.39, 0.29) is 0 Å². The summed E-state index contributed by atoms with van der Waals surface area (Å²) < 4.78 is -2.03. The molecular formula is C5H11Cl2PS2. The topological polar surface area (TPSA) is 0 Å². The Kier molecular flexibility index (Phi) is 6.10. The van der Waals surface area contributed by atoms with Crippen molar-refractivity contribution in [1.29, 1.82) is 0 Å². The minimum atomic E-state index is -2.03. The second-order valence-electron chi connectivity index (χ2n) is 2.43. The van der Waals surface area contributed by atoms with Crippen molar-refractivity contribution in [3.8, 4) is 0 Å². The molecule has 0 bridgehead atoms. The molecule has 0 spiro atoms. The molecule has 0 saturated heterocycles. The van der Waals surface area contributed by atoms with Gasteiger partial charge in [0.15, 0.2) is 3.95 Å². The minimum Gasteiger partial charge on any atom is -0.0948 e. The molecule has 0 amide bonds. The highest BCUT2D eigenvalue weighted by Gasteiger charge is 2.08. The second-order valence-corrected chi connectivity index (χ2v) is 14.6. The molecule has 0 atom stereocenters. The summed E-state index contributed by atoms with van der Waals surface area (Å²) >= 11 is 17.7. The molecular weight excluding hydrogens is 226 g/mol. The standard InChI is InChI=1S/C5H11Cl2PS2/c1-5(2)3-4-10-8(6,7)9/h5H,3-4H2,1-2H3. The number of hydrogen-bond donors (Lipinski definition) is 0. The summed E-state index contributed by atoms with van der Waals surface area (Å²) in [6, 6.07) is 0. The Hall–Kier alpha value is 1.58. The summed E-state index contributed by atoms with van der Waals surface area (Å²) in [5.41, 5.74) is 0. The fourth-order valence-corrected chi connectivity index (χ4v) is 4.05. The van der Waals surface area contributed by atoms with E-state index in [1.54, 1.807) is 0 Å². The Morgan fingerprint density at radius 1 is 1.50 bits per heavy atom. The van der Waals surface area contributed by atoms with Gasteiger partial charge in [-0.25, -0.2) is 0 Å². The third-order valence-electron chi connectivity index (χ3n) is 0.937. The van der Waals surface area contributed by atoms with E-state index in [0.29, 0.717) is 5.92 Å². The lowest BCUT2D eigenvalue weighted by Gasteiger charge is -2.05. The van der Waals surface area contributed by atoms with E-state index in [4.69, 9.17) is 34.3 Å². The zero-order valence-corrected chi connectivity index (χ0v) is 10.1. The van der Waals surface area contributed by atoms with Gasteiger partial charge in [0.1, 0.15) is 0 Å². The van der Waals surface area contributed by atoms with Crippen LogP contribution >= 0.6 is 37.8 Å². The summed E-state index contributed by atoms with van der Waals surface area (Å²) in [4.78, 5) is 0. The molecule has 0 unspecified atom stereocenters. The van der Waals surface area contributed by atoms with Crippen LogP contribution in [-0.4, -0.2) is 5.75 Å². The van der Waals surface area contributed by atoms with Gasteiger partial charge in [-0.2, -0.15) is 0 Å². The lowest BCUT2D eigenvalue weighted by molar-refractivity contribution is 0.633. The van der Waals surface area contributed by atoms with Crippen molar-refractivity contribution in [1.82, 2.24) is 0 Å². The van der Waals surface area contributed by atoms with E-state index in [0.717, 1.165) is 12.2 Å². The van der Waals surface area contributed by atoms with Crippen LogP contribution < -0.4 is 0 Å². The Labute approximate surface area is 81.4 Å². The average Bonchev–Trinajstić information content (AvgIpc) is 1.59. The van der Waals surface area contributed by atoms with Crippen LogP contribution in [0.25, 0.3) is 0 Å². The highest BCUT2D eigenvalue weighted by molar-refractivity contribution is 8.85. The van der Waals surface area contributed by atoms with E-state index in [2.05, 4.69) is 13.8 Å². The van der Waals surface area contributed by atoms with E-state index in [9.17, 15) is 0 Å². The zero-order valence-electron chi connectivity index (χ0n) is 6.01. The molecule has 0 heterocycles. The van der Waals surface area contributed by atoms with Crippen molar-refractivity contribution in [3.05, 3.63) is 0 Å². The summed E-state index contributed by atoms with van der Waals surface area (Å²) in [6.07, 6.45) is 1.14. The summed E-state index contributed by atoms with van der Waals surface area (Å²) in [5, 5.41) is 0. The molecule has 0 saturated carbocycles. The van der Waals surface area contributed by atoms with Gasteiger partial charge in [0.25, 0.3) is 0 Å². The average molecular weight is 237 g/mol. The van der Waals surface area contributed by atoms with Crippen LogP contribution in [0.2, 0.25) is 0 Å². The Bertz CT molecular complexity index is 132. The first-order chi connectivity index (χ1) is 4.42. The quantitative estimate of drug-likeness (QED) is 0.661. The van der Waals surface area contributed by atoms with Crippen molar-refractivity contribution in [2.75, 3.05) is 5.75 Å². The molecule has 0 fully saturated rings. The highest BCUT2D eigenvalue weighted by Crippen LogP contribution is 2.68. The molecule has 0 aromatic heterocycles. The lowest BCUT2D eigenvalue weighted by Crippen LogP contribution is -1.87. The van der Waals surface area contributed by atoms with Crippen LogP contribution in [0.4, 0.5) is 0 Å². The first kappa shape index (κ1) is 11.6. The first-order valence-electron chi connectivity index (χ1n) is 3.05. The molecule has 0 aromatic rings. The first-order valence-corrected chi connectivity index (χ1v) is 9.26. The molecule has 0 aliphatic rings. The fraction of sp³-hybridized carbons (Fsp3) is 1.00. The zero-order chi connectivity index (χ0) is 8.20. The maximum absolute atomic E-state index is 5.67. The van der Waals surface area contributed by atoms with E-state index in [1.165, 1.54) is 11.4 Å². The second kappa shape index (κ2) is 5.27. The predicted molar refractivity (Wildman–Crippen MR) is 57.9 cm³/mol. The smallest absolute Gasteiger partial charge is 0.0948 e. The maximum Gasteiger partial charge on any atom is 0.171 e. The molecule has 0 aromatic carbocycles. The lowest BCUT2D eigenvalue weighted by atomic mass is 10.2. The number of hydrogen-bond acceptors (Lipinski definition) is 2. The van der Waals surface area contributed by atoms with Crippen molar-refractivity contribution >= 4 is 49.6 Å². The molecule has 10 heavy (non-hydrogen) atoms. The van der Waals surface area contributed by atoms with Crippen LogP contribution in [0.15, 0.2) is 0 Å². The van der Waals surface area contributed by atoms with Gasteiger partial charge in [-0.1, -0.05) is 59.5 Å². The van der Waals surface area contributed by atoms with Crippen LogP contribution in [0.3, 0.4) is 0 Å². The van der Waals surface area contributed by atoms with Gasteiger partial charge < -0.3 is 0 Å². The van der Waals surface area contributed by atoms with Crippen molar-refractivity contribution < 1.29 is 0 Å². The highest BCUT2D eigenvalue weighted by atomic mass is 35.9. The molecule has 0 N–H and O–H groups in total. The molecule has 0 aliphatic carbocycles. The molecule has 5 heteroatoms. The Morgan fingerprint density at radius 2 is 2.00 bits per heavy atom. The molecule has 62 valence electrons. The largest absolute Gasteiger partial charge is 0.171 e. The van der Waals surface area contributed by atoms with Gasteiger partial charge in [0.05, 0.1) is 0 Å². The fourth-order valence-electron chi connectivity index (χ4n) is 0.395. The van der Waals surface area contributed by atoms with Gasteiger partial charge in [-0.05, 0) is 12.3 Å². The van der Waals surface area contributed by atoms with Gasteiger partial charge in [-0.15, -0.1) is 0 Å². The van der Waals surface area contributed by atoms with Crippen molar-refractivity contribution in [2.45, 2.75) is 20.3 Å². The Balaban J connectivity index is 3.30. The van der Waals surface area contributed by atoms with Gasteiger partial charge >= 0.3 is 0 Å². The molecule has 0 nitrogen and oxygen atoms in total. The summed E-state index contributed by atoms with van der Waals surface area (Å²) in [7, 11) is 0. The summed E-state index contributed by atoms with van der Waals surface area (Å²) in [5.74, 6) is 1.70. The van der Waals surface area contributed by atoms with Gasteiger partial charge in [-0.3, -0.25) is 0 Å². The monoisotopic (exact) mass is 236 g/mol. The molecule has 0 aliphatic heterocycles. The number of halogens is 2. The SMILES string of the molecule is CC(C)CCSP(=S)(Cl)Cl. The normalized spacial score (nSPS) is 12.5. The third kappa shape index (κ3) is 9.58. The Morgan fingerprint density at radius 3 is 2.30 bits per heavy atom. The van der Waals surface area contributed by atoms with Crippen LogP contribution in [0.1, 0.15) is 20.3 Å². The van der Waals surface area contributed by atoms with Crippen LogP contribution in [0, 0.1) is 5.92 Å². The molecule has 0 radical (unpaired) electrons. The van der Waals surface area contributed by atoms with Crippen molar-refractivity contribution in [2.24, 2.45) is 5.92 Å².